The third-order valence-corrected chi connectivity index (χ3v) is 4.34. The maximum atomic E-state index is 9.72. The molecule has 1 N–H and O–H groups in total. The van der Waals surface area contributed by atoms with Gasteiger partial charge in [0.05, 0.1) is 0 Å². The van der Waals surface area contributed by atoms with Crippen molar-refractivity contribution < 1.29 is 5.11 Å². The van der Waals surface area contributed by atoms with Crippen molar-refractivity contribution in [1.29, 1.82) is 0 Å². The van der Waals surface area contributed by atoms with E-state index in [9.17, 15) is 5.11 Å². The number of benzene rings is 1. The highest BCUT2D eigenvalue weighted by molar-refractivity contribution is 5.31. The minimum atomic E-state index is 0.446. The van der Waals surface area contributed by atoms with E-state index in [-0.39, 0.29) is 0 Å². The van der Waals surface area contributed by atoms with Gasteiger partial charge in [-0.2, -0.15) is 0 Å². The Hall–Kier alpha value is -1.76. The molecule has 0 amide bonds. The smallest absolute Gasteiger partial charge is 0.118 e. The number of phenols is 1. The van der Waals surface area contributed by atoms with E-state index in [0.717, 1.165) is 31.2 Å². The second-order valence-electron chi connectivity index (χ2n) is 6.58. The van der Waals surface area contributed by atoms with Gasteiger partial charge in [0, 0.05) is 0 Å². The molecule has 0 saturated heterocycles. The van der Waals surface area contributed by atoms with Gasteiger partial charge >= 0.3 is 0 Å². The highest BCUT2D eigenvalue weighted by Gasteiger charge is 1.98. The zero-order valence-electron chi connectivity index (χ0n) is 16.0. The summed E-state index contributed by atoms with van der Waals surface area (Å²) in [6, 6.07) is 7.69. The number of para-hydroxylation sites is 1. The Kier molecular flexibility index (Phi) is 13.4. The topological polar surface area (TPSA) is 20.2 Å². The summed E-state index contributed by atoms with van der Waals surface area (Å²) in [5.41, 5.74) is 1.09. The lowest BCUT2D eigenvalue weighted by atomic mass is 10.0. The van der Waals surface area contributed by atoms with Crippen LogP contribution in [0.1, 0.15) is 76.7 Å². The number of allylic oxidation sites excluding steroid dienone is 6. The molecule has 1 rings (SSSR count). The van der Waals surface area contributed by atoms with Crippen molar-refractivity contribution >= 4 is 0 Å². The normalized spacial score (nSPS) is 12.0. The first-order valence-corrected chi connectivity index (χ1v) is 10.1. The van der Waals surface area contributed by atoms with Crippen LogP contribution in [0.15, 0.2) is 60.7 Å². The fourth-order valence-electron chi connectivity index (χ4n) is 2.83. The zero-order valence-corrected chi connectivity index (χ0v) is 16.0. The van der Waals surface area contributed by atoms with Crippen LogP contribution in [0.25, 0.3) is 0 Å². The minimum Gasteiger partial charge on any atom is -0.508 e. The van der Waals surface area contributed by atoms with E-state index in [1.807, 2.05) is 18.2 Å². The molecule has 0 heterocycles. The van der Waals surface area contributed by atoms with Gasteiger partial charge in [-0.25, -0.2) is 0 Å². The first kappa shape index (κ1) is 21.3. The number of hydrogen-bond donors (Lipinski definition) is 1. The molecule has 0 unspecified atom stereocenters. The zero-order chi connectivity index (χ0) is 18.0. The van der Waals surface area contributed by atoms with Crippen LogP contribution < -0.4 is 0 Å². The summed E-state index contributed by atoms with van der Waals surface area (Å²) in [5.74, 6) is 0.446. The van der Waals surface area contributed by atoms with Crippen molar-refractivity contribution in [1.82, 2.24) is 0 Å². The fraction of sp³-hybridized carbons (Fsp3) is 0.500. The Morgan fingerprint density at radius 1 is 0.720 bits per heavy atom. The van der Waals surface area contributed by atoms with Crippen LogP contribution in [0.3, 0.4) is 0 Å². The van der Waals surface area contributed by atoms with Crippen molar-refractivity contribution in [2.75, 3.05) is 0 Å². The van der Waals surface area contributed by atoms with Crippen molar-refractivity contribution in [2.24, 2.45) is 0 Å². The van der Waals surface area contributed by atoms with E-state index < -0.39 is 0 Å². The van der Waals surface area contributed by atoms with Gasteiger partial charge in [-0.3, -0.25) is 0 Å². The van der Waals surface area contributed by atoms with Gasteiger partial charge in [0.2, 0.25) is 0 Å². The number of aryl methyl sites for hydroxylation is 1. The summed E-state index contributed by atoms with van der Waals surface area (Å²) in [5, 5.41) is 9.72. The Morgan fingerprint density at radius 3 is 2.04 bits per heavy atom. The van der Waals surface area contributed by atoms with Gasteiger partial charge in [-0.05, 0) is 56.6 Å². The molecule has 0 saturated carbocycles. The standard InChI is InChI=1S/C24H36O/c1-2-3-4-5-6-7-8-9-10-11-12-13-14-15-16-17-20-23-21-18-19-22-24(23)25/h3-4,6-7,9-10,18-19,21-22,25H,2,5,8,11-17,20H2,1H3/b4-3-,7-6-,10-9-. The van der Waals surface area contributed by atoms with Crippen LogP contribution in [0.5, 0.6) is 5.75 Å². The minimum absolute atomic E-state index is 0.446. The molecule has 0 bridgehead atoms. The van der Waals surface area contributed by atoms with Crippen molar-refractivity contribution in [3.63, 3.8) is 0 Å². The molecular weight excluding hydrogens is 304 g/mol. The van der Waals surface area contributed by atoms with Gasteiger partial charge < -0.3 is 5.11 Å². The predicted octanol–water partition coefficient (Wildman–Crippen LogP) is 7.52. The van der Waals surface area contributed by atoms with E-state index in [4.69, 9.17) is 0 Å². The second-order valence-corrected chi connectivity index (χ2v) is 6.58. The highest BCUT2D eigenvalue weighted by Crippen LogP contribution is 2.18. The molecule has 138 valence electrons. The summed E-state index contributed by atoms with van der Waals surface area (Å²) >= 11 is 0. The highest BCUT2D eigenvalue weighted by atomic mass is 16.3. The SMILES string of the molecule is CC/C=C\C/C=C\C/C=C\CCCCCCCCc1ccccc1O. The summed E-state index contributed by atoms with van der Waals surface area (Å²) < 4.78 is 0. The summed E-state index contributed by atoms with van der Waals surface area (Å²) in [6.07, 6.45) is 26.7. The molecule has 0 aliphatic rings. The van der Waals surface area contributed by atoms with Gasteiger partial charge in [0.25, 0.3) is 0 Å². The largest absolute Gasteiger partial charge is 0.508 e. The number of unbranched alkanes of at least 4 members (excludes halogenated alkanes) is 6. The average Bonchev–Trinajstić information content (AvgIpc) is 2.63. The van der Waals surface area contributed by atoms with Crippen LogP contribution in [-0.4, -0.2) is 5.11 Å². The van der Waals surface area contributed by atoms with E-state index in [1.54, 1.807) is 6.07 Å². The van der Waals surface area contributed by atoms with E-state index in [1.165, 1.54) is 44.9 Å². The molecule has 0 radical (unpaired) electrons. The molecule has 0 aliphatic carbocycles. The van der Waals surface area contributed by atoms with Crippen LogP contribution >= 0.6 is 0 Å². The Morgan fingerprint density at radius 2 is 1.32 bits per heavy atom. The van der Waals surface area contributed by atoms with Crippen LogP contribution in [0, 0.1) is 0 Å². The van der Waals surface area contributed by atoms with Gasteiger partial charge in [-0.1, -0.05) is 87.3 Å². The Balaban J connectivity index is 1.88. The summed E-state index contributed by atoms with van der Waals surface area (Å²) in [6.45, 7) is 2.17. The van der Waals surface area contributed by atoms with E-state index >= 15 is 0 Å². The van der Waals surface area contributed by atoms with Crippen LogP contribution in [0.2, 0.25) is 0 Å². The van der Waals surface area contributed by atoms with E-state index in [0.29, 0.717) is 5.75 Å². The molecule has 0 spiro atoms. The molecule has 0 aliphatic heterocycles. The number of phenolic OH excluding ortho intramolecular Hbond substituents is 1. The lowest BCUT2D eigenvalue weighted by Gasteiger charge is -2.04. The van der Waals surface area contributed by atoms with Crippen LogP contribution in [-0.2, 0) is 6.42 Å². The lowest BCUT2D eigenvalue weighted by molar-refractivity contribution is 0.466. The Bertz CT molecular complexity index is 511. The lowest BCUT2D eigenvalue weighted by Crippen LogP contribution is -1.87. The molecule has 25 heavy (non-hydrogen) atoms. The first-order valence-electron chi connectivity index (χ1n) is 10.1. The van der Waals surface area contributed by atoms with Crippen LogP contribution in [0.4, 0.5) is 0 Å². The van der Waals surface area contributed by atoms with Gasteiger partial charge in [0.1, 0.15) is 5.75 Å². The van der Waals surface area contributed by atoms with Gasteiger partial charge in [0.15, 0.2) is 0 Å². The maximum absolute atomic E-state index is 9.72. The molecule has 0 atom stereocenters. The summed E-state index contributed by atoms with van der Waals surface area (Å²) in [4.78, 5) is 0. The molecule has 0 aromatic heterocycles. The summed E-state index contributed by atoms with van der Waals surface area (Å²) in [7, 11) is 0. The molecule has 1 aromatic rings. The number of hydrogen-bond acceptors (Lipinski definition) is 1. The maximum Gasteiger partial charge on any atom is 0.118 e. The molecule has 1 nitrogen and oxygen atoms in total. The van der Waals surface area contributed by atoms with Crippen molar-refractivity contribution in [3.05, 3.63) is 66.3 Å². The predicted molar refractivity (Wildman–Crippen MR) is 111 cm³/mol. The molecule has 1 heteroatoms. The monoisotopic (exact) mass is 340 g/mol. The van der Waals surface area contributed by atoms with Gasteiger partial charge in [-0.15, -0.1) is 0 Å². The Labute approximate surface area is 155 Å². The fourth-order valence-corrected chi connectivity index (χ4v) is 2.83. The average molecular weight is 341 g/mol. The molecular formula is C24H36O. The number of rotatable bonds is 14. The van der Waals surface area contributed by atoms with Crippen molar-refractivity contribution in [3.8, 4) is 5.75 Å². The van der Waals surface area contributed by atoms with Crippen molar-refractivity contribution in [2.45, 2.75) is 77.6 Å². The molecule has 0 fully saturated rings. The molecule has 1 aromatic carbocycles. The number of aromatic hydroxyl groups is 1. The third kappa shape index (κ3) is 12.3. The second kappa shape index (κ2) is 15.7. The third-order valence-electron chi connectivity index (χ3n) is 4.34. The van der Waals surface area contributed by atoms with E-state index in [2.05, 4.69) is 43.4 Å². The quantitative estimate of drug-likeness (QED) is 0.274. The first-order chi connectivity index (χ1) is 12.3.